The van der Waals surface area contributed by atoms with Crippen molar-refractivity contribution in [3.05, 3.63) is 35.5 Å². The summed E-state index contributed by atoms with van der Waals surface area (Å²) >= 11 is 0. The predicted molar refractivity (Wildman–Crippen MR) is 76.2 cm³/mol. The number of aromatic nitrogens is 1. The van der Waals surface area contributed by atoms with Crippen molar-refractivity contribution in [2.45, 2.75) is 26.7 Å². The van der Waals surface area contributed by atoms with Gasteiger partial charge in [-0.15, -0.1) is 0 Å². The third-order valence-electron chi connectivity index (χ3n) is 3.10. The first-order valence-corrected chi connectivity index (χ1v) is 6.39. The van der Waals surface area contributed by atoms with Gasteiger partial charge in [-0.05, 0) is 30.5 Å². The van der Waals surface area contributed by atoms with Crippen molar-refractivity contribution < 1.29 is 9.53 Å². The number of ether oxygens (including phenoxy) is 1. The van der Waals surface area contributed by atoms with Crippen LogP contribution in [0.1, 0.15) is 42.6 Å². The van der Waals surface area contributed by atoms with Crippen LogP contribution in [-0.4, -0.2) is 17.6 Å². The molecule has 19 heavy (non-hydrogen) atoms. The Morgan fingerprint density at radius 3 is 2.79 bits per heavy atom. The maximum absolute atomic E-state index is 11.8. The van der Waals surface area contributed by atoms with Gasteiger partial charge in [-0.2, -0.15) is 0 Å². The second kappa shape index (κ2) is 5.26. The molecule has 0 radical (unpaired) electrons. The summed E-state index contributed by atoms with van der Waals surface area (Å²) in [7, 11) is 0. The van der Waals surface area contributed by atoms with Crippen molar-refractivity contribution in [1.29, 1.82) is 0 Å². The molecule has 2 rings (SSSR count). The fourth-order valence-corrected chi connectivity index (χ4v) is 1.96. The fourth-order valence-electron chi connectivity index (χ4n) is 1.96. The van der Waals surface area contributed by atoms with Crippen LogP contribution in [-0.2, 0) is 4.74 Å². The first-order valence-electron chi connectivity index (χ1n) is 6.39. The van der Waals surface area contributed by atoms with Gasteiger partial charge in [0.05, 0.1) is 17.8 Å². The van der Waals surface area contributed by atoms with E-state index in [9.17, 15) is 4.79 Å². The predicted octanol–water partition coefficient (Wildman–Crippen LogP) is 3.12. The summed E-state index contributed by atoms with van der Waals surface area (Å²) in [5, 5.41) is 0.803. The molecule has 100 valence electrons. The molecule has 0 spiro atoms. The molecular formula is C15H18N2O2. The smallest absolute Gasteiger partial charge is 0.341 e. The molecule has 0 aliphatic rings. The van der Waals surface area contributed by atoms with Crippen LogP contribution in [0, 0.1) is 0 Å². The molecule has 0 amide bonds. The monoisotopic (exact) mass is 258 g/mol. The van der Waals surface area contributed by atoms with Crippen LogP contribution in [0.25, 0.3) is 10.9 Å². The van der Waals surface area contributed by atoms with E-state index in [0.29, 0.717) is 23.8 Å². The number of hydrogen-bond donors (Lipinski definition) is 1. The molecule has 2 N–H and O–H groups in total. The van der Waals surface area contributed by atoms with E-state index < -0.39 is 5.97 Å². The zero-order valence-electron chi connectivity index (χ0n) is 11.4. The molecular weight excluding hydrogens is 240 g/mol. The highest BCUT2D eigenvalue weighted by molar-refractivity contribution is 6.04. The van der Waals surface area contributed by atoms with Crippen LogP contribution in [0.2, 0.25) is 0 Å². The van der Waals surface area contributed by atoms with Crippen molar-refractivity contribution >= 4 is 22.6 Å². The number of hydrogen-bond acceptors (Lipinski definition) is 4. The van der Waals surface area contributed by atoms with Gasteiger partial charge < -0.3 is 10.5 Å². The minimum absolute atomic E-state index is 0.322. The first-order chi connectivity index (χ1) is 9.04. The topological polar surface area (TPSA) is 65.2 Å². The molecule has 0 aliphatic carbocycles. The molecule has 0 saturated carbocycles. The van der Waals surface area contributed by atoms with Crippen LogP contribution in [0.15, 0.2) is 24.4 Å². The lowest BCUT2D eigenvalue weighted by Crippen LogP contribution is -2.09. The molecule has 4 heteroatoms. The van der Waals surface area contributed by atoms with E-state index in [2.05, 4.69) is 18.8 Å². The highest BCUT2D eigenvalue weighted by Crippen LogP contribution is 2.27. The molecule has 0 bridgehead atoms. The van der Waals surface area contributed by atoms with Crippen molar-refractivity contribution in [2.24, 2.45) is 0 Å². The Hall–Kier alpha value is -2.10. The second-order valence-corrected chi connectivity index (χ2v) is 4.74. The highest BCUT2D eigenvalue weighted by Gasteiger charge is 2.14. The molecule has 1 heterocycles. The third kappa shape index (κ3) is 2.52. The number of pyridine rings is 1. The van der Waals surface area contributed by atoms with Crippen molar-refractivity contribution in [2.75, 3.05) is 12.3 Å². The second-order valence-electron chi connectivity index (χ2n) is 4.74. The van der Waals surface area contributed by atoms with Gasteiger partial charge in [0, 0.05) is 11.6 Å². The van der Waals surface area contributed by atoms with Gasteiger partial charge in [0.2, 0.25) is 0 Å². The Labute approximate surface area is 112 Å². The minimum Gasteiger partial charge on any atom is -0.462 e. The van der Waals surface area contributed by atoms with E-state index >= 15 is 0 Å². The van der Waals surface area contributed by atoms with Gasteiger partial charge in [0.25, 0.3) is 0 Å². The van der Waals surface area contributed by atoms with Crippen LogP contribution in [0.3, 0.4) is 0 Å². The Morgan fingerprint density at radius 2 is 2.16 bits per heavy atom. The van der Waals surface area contributed by atoms with E-state index in [0.717, 1.165) is 10.9 Å². The van der Waals surface area contributed by atoms with Gasteiger partial charge in [0.15, 0.2) is 0 Å². The van der Waals surface area contributed by atoms with E-state index in [1.165, 1.54) is 11.8 Å². The van der Waals surface area contributed by atoms with Gasteiger partial charge in [-0.3, -0.25) is 4.98 Å². The third-order valence-corrected chi connectivity index (χ3v) is 3.10. The minimum atomic E-state index is -0.427. The molecule has 1 aromatic carbocycles. The number of carbonyl (C=O) groups is 1. The van der Waals surface area contributed by atoms with Gasteiger partial charge >= 0.3 is 5.97 Å². The van der Waals surface area contributed by atoms with Gasteiger partial charge in [-0.25, -0.2) is 4.79 Å². The Kier molecular flexibility index (Phi) is 3.69. The highest BCUT2D eigenvalue weighted by atomic mass is 16.5. The average molecular weight is 258 g/mol. The van der Waals surface area contributed by atoms with E-state index in [1.807, 2.05) is 18.2 Å². The maximum atomic E-state index is 11.8. The molecule has 0 fully saturated rings. The van der Waals surface area contributed by atoms with Crippen molar-refractivity contribution in [3.8, 4) is 0 Å². The van der Waals surface area contributed by atoms with E-state index in [4.69, 9.17) is 10.5 Å². The SMILES string of the molecule is CCOC(=O)c1cnc2ccc(C(C)C)cc2c1N. The van der Waals surface area contributed by atoms with Crippen molar-refractivity contribution in [1.82, 2.24) is 4.98 Å². The first kappa shape index (κ1) is 13.3. The van der Waals surface area contributed by atoms with Crippen LogP contribution in [0.5, 0.6) is 0 Å². The quantitative estimate of drug-likeness (QED) is 0.859. The molecule has 1 aromatic heterocycles. The number of benzene rings is 1. The summed E-state index contributed by atoms with van der Waals surface area (Å²) in [6, 6.07) is 5.95. The van der Waals surface area contributed by atoms with Gasteiger partial charge in [0.1, 0.15) is 5.56 Å². The molecule has 0 aliphatic heterocycles. The number of nitrogens with zero attached hydrogens (tertiary/aromatic N) is 1. The standard InChI is InChI=1S/C15H18N2O2/c1-4-19-15(18)12-8-17-13-6-5-10(9(2)3)7-11(13)14(12)16/h5-9H,4H2,1-3H3,(H2,16,17). The molecule has 0 atom stereocenters. The molecule has 0 saturated heterocycles. The largest absolute Gasteiger partial charge is 0.462 e. The van der Waals surface area contributed by atoms with Crippen LogP contribution in [0.4, 0.5) is 5.69 Å². The van der Waals surface area contributed by atoms with Crippen LogP contribution < -0.4 is 5.73 Å². The summed E-state index contributed by atoms with van der Waals surface area (Å²) in [5.41, 5.74) is 8.80. The summed E-state index contributed by atoms with van der Waals surface area (Å²) < 4.78 is 4.98. The average Bonchev–Trinajstić information content (AvgIpc) is 2.39. The molecule has 2 aromatic rings. The Balaban J connectivity index is 2.58. The zero-order chi connectivity index (χ0) is 14.0. The number of carbonyl (C=O) groups excluding carboxylic acids is 1. The zero-order valence-corrected chi connectivity index (χ0v) is 11.4. The summed E-state index contributed by atoms with van der Waals surface area (Å²) in [5.74, 6) is -0.0283. The normalized spacial score (nSPS) is 10.9. The van der Waals surface area contributed by atoms with Gasteiger partial charge in [-0.1, -0.05) is 19.9 Å². The van der Waals surface area contributed by atoms with E-state index in [1.54, 1.807) is 6.92 Å². The number of fused-ring (bicyclic) bond motifs is 1. The lowest BCUT2D eigenvalue weighted by molar-refractivity contribution is 0.0527. The lowest BCUT2D eigenvalue weighted by Gasteiger charge is -2.10. The number of esters is 1. The Bertz CT molecular complexity index is 621. The van der Waals surface area contributed by atoms with Crippen LogP contribution >= 0.6 is 0 Å². The summed E-state index contributed by atoms with van der Waals surface area (Å²) in [6.45, 7) is 6.31. The van der Waals surface area contributed by atoms with Crippen molar-refractivity contribution in [3.63, 3.8) is 0 Å². The number of rotatable bonds is 3. The lowest BCUT2D eigenvalue weighted by atomic mass is 9.99. The Morgan fingerprint density at radius 1 is 1.42 bits per heavy atom. The summed E-state index contributed by atoms with van der Waals surface area (Å²) in [6.07, 6.45) is 1.48. The molecule has 4 nitrogen and oxygen atoms in total. The fraction of sp³-hybridized carbons (Fsp3) is 0.333. The maximum Gasteiger partial charge on any atom is 0.341 e. The molecule has 0 unspecified atom stereocenters. The van der Waals surface area contributed by atoms with E-state index in [-0.39, 0.29) is 0 Å². The number of anilines is 1. The number of nitrogens with two attached hydrogens (primary N) is 1. The number of nitrogen functional groups attached to an aromatic ring is 1. The summed E-state index contributed by atoms with van der Waals surface area (Å²) in [4.78, 5) is 16.1.